The molecule has 0 spiro atoms. The van der Waals surface area contributed by atoms with Crippen molar-refractivity contribution in [2.24, 2.45) is 0 Å². The van der Waals surface area contributed by atoms with Crippen LogP contribution in [-0.2, 0) is 6.67 Å². The molecule has 0 aliphatic carbocycles. The SMILES string of the molecule is CNc1ccc2c(=O)n(C[N+](=O)[O-])c(=O)[nH]c2c1. The molecule has 8 heteroatoms. The Labute approximate surface area is 100 Å². The molecule has 0 atom stereocenters. The highest BCUT2D eigenvalue weighted by atomic mass is 16.6. The van der Waals surface area contributed by atoms with Crippen molar-refractivity contribution in [1.29, 1.82) is 0 Å². The topological polar surface area (TPSA) is 110 Å². The Bertz CT molecular complexity index is 731. The molecular formula is C10H10N4O4. The lowest BCUT2D eigenvalue weighted by Gasteiger charge is -2.04. The Morgan fingerprint density at radius 1 is 1.44 bits per heavy atom. The predicted octanol–water partition coefficient (Wildman–Crippen LogP) is -0.0343. The molecule has 0 fully saturated rings. The lowest BCUT2D eigenvalue weighted by atomic mass is 10.2. The normalized spacial score (nSPS) is 10.5. The molecule has 0 aliphatic rings. The monoisotopic (exact) mass is 250 g/mol. The summed E-state index contributed by atoms with van der Waals surface area (Å²) >= 11 is 0. The summed E-state index contributed by atoms with van der Waals surface area (Å²) in [6.45, 7) is -0.849. The standard InChI is InChI=1S/C10H10N4O4/c1-11-6-2-3-7-8(4-6)12-10(16)13(9(7)15)5-14(17)18/h2-4,11H,5H2,1H3,(H,12,16). The molecule has 2 aromatic rings. The second-order valence-electron chi connectivity index (χ2n) is 3.65. The Morgan fingerprint density at radius 2 is 2.17 bits per heavy atom. The van der Waals surface area contributed by atoms with Crippen LogP contribution in [0, 0.1) is 10.1 Å². The zero-order valence-electron chi connectivity index (χ0n) is 9.47. The van der Waals surface area contributed by atoms with E-state index >= 15 is 0 Å². The van der Waals surface area contributed by atoms with Crippen molar-refractivity contribution in [1.82, 2.24) is 9.55 Å². The first-order chi connectivity index (χ1) is 8.52. The maximum absolute atomic E-state index is 11.9. The summed E-state index contributed by atoms with van der Waals surface area (Å²) in [6, 6.07) is 4.75. The van der Waals surface area contributed by atoms with E-state index in [2.05, 4.69) is 10.3 Å². The fourth-order valence-corrected chi connectivity index (χ4v) is 1.65. The maximum atomic E-state index is 11.9. The number of nitrogens with one attached hydrogen (secondary N) is 2. The molecule has 0 bridgehead atoms. The van der Waals surface area contributed by atoms with E-state index in [1.165, 1.54) is 6.07 Å². The Hall–Kier alpha value is -2.64. The second kappa shape index (κ2) is 4.32. The first-order valence-electron chi connectivity index (χ1n) is 5.09. The molecule has 0 saturated heterocycles. The molecule has 8 nitrogen and oxygen atoms in total. The van der Waals surface area contributed by atoms with Gasteiger partial charge in [0.1, 0.15) is 0 Å². The number of hydrogen-bond acceptors (Lipinski definition) is 5. The summed E-state index contributed by atoms with van der Waals surface area (Å²) in [4.78, 5) is 35.6. The van der Waals surface area contributed by atoms with Gasteiger partial charge in [0, 0.05) is 17.7 Å². The summed E-state index contributed by atoms with van der Waals surface area (Å²) in [7, 11) is 1.70. The third-order valence-corrected chi connectivity index (χ3v) is 2.53. The largest absolute Gasteiger partial charge is 0.388 e. The van der Waals surface area contributed by atoms with Gasteiger partial charge in [-0.25, -0.2) is 4.79 Å². The van der Waals surface area contributed by atoms with E-state index in [-0.39, 0.29) is 5.39 Å². The lowest BCUT2D eigenvalue weighted by Crippen LogP contribution is -2.37. The van der Waals surface area contributed by atoms with Crippen molar-refractivity contribution in [3.63, 3.8) is 0 Å². The summed E-state index contributed by atoms with van der Waals surface area (Å²) in [5.74, 6) is 0. The van der Waals surface area contributed by atoms with Gasteiger partial charge in [0.2, 0.25) is 0 Å². The Balaban J connectivity index is 2.75. The quantitative estimate of drug-likeness (QED) is 0.587. The van der Waals surface area contributed by atoms with Gasteiger partial charge in [-0.1, -0.05) is 0 Å². The predicted molar refractivity (Wildman–Crippen MR) is 65.4 cm³/mol. The van der Waals surface area contributed by atoms with Crippen molar-refractivity contribution in [3.8, 4) is 0 Å². The highest BCUT2D eigenvalue weighted by Gasteiger charge is 2.11. The molecule has 0 radical (unpaired) electrons. The minimum atomic E-state index is -0.849. The number of aromatic nitrogens is 2. The van der Waals surface area contributed by atoms with Crippen LogP contribution in [0.4, 0.5) is 5.69 Å². The molecule has 1 aromatic carbocycles. The first kappa shape index (κ1) is 11.8. The number of rotatable bonds is 3. The van der Waals surface area contributed by atoms with Crippen LogP contribution < -0.4 is 16.6 Å². The van der Waals surface area contributed by atoms with E-state index in [9.17, 15) is 19.7 Å². The van der Waals surface area contributed by atoms with Crippen molar-refractivity contribution in [3.05, 3.63) is 49.2 Å². The van der Waals surface area contributed by atoms with Crippen molar-refractivity contribution >= 4 is 16.6 Å². The van der Waals surface area contributed by atoms with Gasteiger partial charge in [-0.2, -0.15) is 4.57 Å². The van der Waals surface area contributed by atoms with Gasteiger partial charge in [0.15, 0.2) is 0 Å². The maximum Gasteiger partial charge on any atom is 0.334 e. The fraction of sp³-hybridized carbons (Fsp3) is 0.200. The van der Waals surface area contributed by atoms with E-state index in [0.717, 1.165) is 5.69 Å². The van der Waals surface area contributed by atoms with Gasteiger partial charge in [-0.15, -0.1) is 0 Å². The zero-order valence-corrected chi connectivity index (χ0v) is 9.47. The molecular weight excluding hydrogens is 240 g/mol. The van der Waals surface area contributed by atoms with Gasteiger partial charge in [-0.3, -0.25) is 14.9 Å². The Morgan fingerprint density at radius 3 is 2.78 bits per heavy atom. The van der Waals surface area contributed by atoms with Crippen LogP contribution in [-0.4, -0.2) is 21.5 Å². The van der Waals surface area contributed by atoms with Crippen LogP contribution in [0.25, 0.3) is 10.9 Å². The van der Waals surface area contributed by atoms with Gasteiger partial charge < -0.3 is 10.3 Å². The number of hydrogen-bond donors (Lipinski definition) is 2. The van der Waals surface area contributed by atoms with Crippen LogP contribution >= 0.6 is 0 Å². The van der Waals surface area contributed by atoms with E-state index in [1.807, 2.05) is 0 Å². The molecule has 1 aromatic heterocycles. The van der Waals surface area contributed by atoms with Crippen LogP contribution in [0.15, 0.2) is 27.8 Å². The second-order valence-corrected chi connectivity index (χ2v) is 3.65. The molecule has 94 valence electrons. The van der Waals surface area contributed by atoms with Crippen LogP contribution in [0.1, 0.15) is 0 Å². The van der Waals surface area contributed by atoms with Crippen molar-refractivity contribution in [2.45, 2.75) is 6.67 Å². The van der Waals surface area contributed by atoms with Crippen molar-refractivity contribution in [2.75, 3.05) is 12.4 Å². The number of anilines is 1. The van der Waals surface area contributed by atoms with Crippen molar-refractivity contribution < 1.29 is 4.92 Å². The summed E-state index contributed by atoms with van der Waals surface area (Å²) < 4.78 is 0.557. The highest BCUT2D eigenvalue weighted by molar-refractivity contribution is 5.81. The van der Waals surface area contributed by atoms with E-state index in [0.29, 0.717) is 10.1 Å². The summed E-state index contributed by atoms with van der Waals surface area (Å²) in [6.07, 6.45) is 0. The van der Waals surface area contributed by atoms with Gasteiger partial charge >= 0.3 is 5.69 Å². The average Bonchev–Trinajstić information content (AvgIpc) is 2.33. The number of aromatic amines is 1. The van der Waals surface area contributed by atoms with Gasteiger partial charge in [-0.05, 0) is 18.2 Å². The number of fused-ring (bicyclic) bond motifs is 1. The van der Waals surface area contributed by atoms with Crippen LogP contribution in [0.5, 0.6) is 0 Å². The number of H-pyrrole nitrogens is 1. The first-order valence-corrected chi connectivity index (χ1v) is 5.09. The molecule has 0 amide bonds. The smallest absolute Gasteiger partial charge is 0.334 e. The zero-order chi connectivity index (χ0) is 13.3. The molecule has 2 N–H and O–H groups in total. The number of benzene rings is 1. The third-order valence-electron chi connectivity index (χ3n) is 2.53. The van der Waals surface area contributed by atoms with Crippen LogP contribution in [0.2, 0.25) is 0 Å². The van der Waals surface area contributed by atoms with E-state index in [1.54, 1.807) is 19.2 Å². The molecule has 0 saturated carbocycles. The number of nitro groups is 1. The Kier molecular flexibility index (Phi) is 2.84. The summed E-state index contributed by atoms with van der Waals surface area (Å²) in [5, 5.41) is 13.5. The minimum Gasteiger partial charge on any atom is -0.388 e. The third kappa shape index (κ3) is 1.95. The van der Waals surface area contributed by atoms with Gasteiger partial charge in [0.25, 0.3) is 12.2 Å². The molecule has 0 aliphatic heterocycles. The fourth-order valence-electron chi connectivity index (χ4n) is 1.65. The van der Waals surface area contributed by atoms with Crippen LogP contribution in [0.3, 0.4) is 0 Å². The molecule has 1 heterocycles. The average molecular weight is 250 g/mol. The summed E-state index contributed by atoms with van der Waals surface area (Å²) in [5.41, 5.74) is -0.397. The lowest BCUT2D eigenvalue weighted by molar-refractivity contribution is -0.515. The molecule has 0 unspecified atom stereocenters. The van der Waals surface area contributed by atoms with Gasteiger partial charge in [0.05, 0.1) is 10.9 Å². The molecule has 18 heavy (non-hydrogen) atoms. The van der Waals surface area contributed by atoms with E-state index in [4.69, 9.17) is 0 Å². The number of nitrogens with zero attached hydrogens (tertiary/aromatic N) is 2. The van der Waals surface area contributed by atoms with E-state index < -0.39 is 22.8 Å². The minimum absolute atomic E-state index is 0.232. The highest BCUT2D eigenvalue weighted by Crippen LogP contribution is 2.12. The molecule has 2 rings (SSSR count).